The first-order chi connectivity index (χ1) is 10.1. The van der Waals surface area contributed by atoms with Crippen LogP contribution in [0.5, 0.6) is 0 Å². The van der Waals surface area contributed by atoms with Crippen LogP contribution >= 0.6 is 11.6 Å². The third-order valence-corrected chi connectivity index (χ3v) is 3.82. The van der Waals surface area contributed by atoms with Crippen molar-refractivity contribution in [1.29, 1.82) is 0 Å². The van der Waals surface area contributed by atoms with Crippen LogP contribution in [-0.2, 0) is 11.8 Å². The Hall–Kier alpha value is -1.40. The van der Waals surface area contributed by atoms with E-state index in [4.69, 9.17) is 16.3 Å². The van der Waals surface area contributed by atoms with Gasteiger partial charge in [0.05, 0.1) is 5.69 Å². The molecule has 0 spiro atoms. The van der Waals surface area contributed by atoms with Gasteiger partial charge in [0.2, 0.25) is 5.28 Å². The highest BCUT2D eigenvalue weighted by Gasteiger charge is 2.23. The molecule has 1 aliphatic heterocycles. The van der Waals surface area contributed by atoms with Crippen molar-refractivity contribution in [2.24, 2.45) is 7.05 Å². The molecule has 1 atom stereocenters. The van der Waals surface area contributed by atoms with E-state index in [1.165, 1.54) is 4.57 Å². The molecule has 3 heterocycles. The second kappa shape index (κ2) is 6.58. The van der Waals surface area contributed by atoms with E-state index in [1.54, 1.807) is 18.7 Å². The molecule has 6 nitrogen and oxygen atoms in total. The topological polar surface area (TPSA) is 61.9 Å². The van der Waals surface area contributed by atoms with Crippen LogP contribution in [-0.4, -0.2) is 25.9 Å². The maximum Gasteiger partial charge on any atom is 0.265 e. The summed E-state index contributed by atoms with van der Waals surface area (Å²) in [6, 6.07) is 0. The molecule has 0 aliphatic carbocycles. The molecule has 7 heteroatoms. The highest BCUT2D eigenvalue weighted by Crippen LogP contribution is 2.26. The van der Waals surface area contributed by atoms with Gasteiger partial charge in [-0.3, -0.25) is 9.36 Å². The van der Waals surface area contributed by atoms with Crippen LogP contribution in [0.2, 0.25) is 5.28 Å². The smallest absolute Gasteiger partial charge is 0.265 e. The van der Waals surface area contributed by atoms with Gasteiger partial charge in [0.25, 0.3) is 5.56 Å². The molecule has 1 fully saturated rings. The summed E-state index contributed by atoms with van der Waals surface area (Å²) in [6.07, 6.45) is 2.87. The van der Waals surface area contributed by atoms with Gasteiger partial charge in [-0.2, -0.15) is 10.1 Å². The Kier molecular flexibility index (Phi) is 5.00. The predicted molar refractivity (Wildman–Crippen MR) is 82.7 cm³/mol. The molecule has 0 bridgehead atoms. The predicted octanol–water partition coefficient (Wildman–Crippen LogP) is 2.82. The van der Waals surface area contributed by atoms with Crippen molar-refractivity contribution in [1.82, 2.24) is 19.3 Å². The number of aromatic nitrogens is 4. The second-order valence-corrected chi connectivity index (χ2v) is 5.13. The van der Waals surface area contributed by atoms with Crippen molar-refractivity contribution in [3.05, 3.63) is 21.3 Å². The van der Waals surface area contributed by atoms with E-state index < -0.39 is 0 Å². The molecule has 0 radical (unpaired) electrons. The van der Waals surface area contributed by atoms with E-state index in [-0.39, 0.29) is 17.1 Å². The van der Waals surface area contributed by atoms with E-state index in [0.29, 0.717) is 23.3 Å². The van der Waals surface area contributed by atoms with Crippen molar-refractivity contribution >= 4 is 22.6 Å². The summed E-state index contributed by atoms with van der Waals surface area (Å²) in [4.78, 5) is 16.5. The lowest BCUT2D eigenvalue weighted by atomic mass is 10.2. The van der Waals surface area contributed by atoms with Gasteiger partial charge in [-0.05, 0) is 37.8 Å². The first-order valence-electron chi connectivity index (χ1n) is 7.32. The quantitative estimate of drug-likeness (QED) is 0.760. The van der Waals surface area contributed by atoms with Crippen LogP contribution < -0.4 is 5.56 Å². The number of hydrogen-bond acceptors (Lipinski definition) is 4. The highest BCUT2D eigenvalue weighted by atomic mass is 35.5. The van der Waals surface area contributed by atoms with Crippen LogP contribution in [0.15, 0.2) is 4.79 Å². The second-order valence-electron chi connectivity index (χ2n) is 4.79. The Bertz CT molecular complexity index is 686. The lowest BCUT2D eigenvalue weighted by Gasteiger charge is -2.23. The van der Waals surface area contributed by atoms with Crippen LogP contribution in [0.25, 0.3) is 11.0 Å². The molecule has 0 saturated carbocycles. The summed E-state index contributed by atoms with van der Waals surface area (Å²) in [5.41, 5.74) is 1.00. The summed E-state index contributed by atoms with van der Waals surface area (Å²) in [6.45, 7) is 6.52. The molecule has 1 aliphatic rings. The highest BCUT2D eigenvalue weighted by molar-refractivity contribution is 6.28. The number of fused-ring (bicyclic) bond motifs is 1. The molecule has 2 aromatic heterocycles. The first kappa shape index (κ1) is 16.0. The molecule has 2 aromatic rings. The van der Waals surface area contributed by atoms with Gasteiger partial charge in [-0.1, -0.05) is 13.8 Å². The summed E-state index contributed by atoms with van der Waals surface area (Å²) >= 11 is 5.98. The fourth-order valence-electron chi connectivity index (χ4n) is 2.42. The third-order valence-electron chi connectivity index (χ3n) is 3.48. The van der Waals surface area contributed by atoms with Crippen molar-refractivity contribution in [3.63, 3.8) is 0 Å². The molecular formula is C14H21ClN4O2. The average Bonchev–Trinajstić information content (AvgIpc) is 2.84. The normalized spacial score (nSPS) is 18.4. The Morgan fingerprint density at radius 1 is 1.33 bits per heavy atom. The van der Waals surface area contributed by atoms with E-state index in [1.807, 2.05) is 13.8 Å². The average molecular weight is 313 g/mol. The largest absolute Gasteiger partial charge is 0.356 e. The SMILES string of the molecule is CC.Cc1nn(C2CCCCO2)c2nc(Cl)n(C)c(=O)c12. The molecule has 0 N–H and O–H groups in total. The monoisotopic (exact) mass is 312 g/mol. The summed E-state index contributed by atoms with van der Waals surface area (Å²) in [5, 5.41) is 5.09. The minimum Gasteiger partial charge on any atom is -0.356 e. The van der Waals surface area contributed by atoms with Gasteiger partial charge >= 0.3 is 0 Å². The minimum atomic E-state index is -0.172. The number of aryl methyl sites for hydroxylation is 1. The zero-order chi connectivity index (χ0) is 15.6. The maximum absolute atomic E-state index is 12.2. The van der Waals surface area contributed by atoms with E-state index in [9.17, 15) is 4.79 Å². The van der Waals surface area contributed by atoms with E-state index >= 15 is 0 Å². The minimum absolute atomic E-state index is 0.152. The van der Waals surface area contributed by atoms with Gasteiger partial charge in [-0.15, -0.1) is 0 Å². The van der Waals surface area contributed by atoms with Crippen LogP contribution in [0.4, 0.5) is 0 Å². The number of rotatable bonds is 1. The Morgan fingerprint density at radius 3 is 2.67 bits per heavy atom. The summed E-state index contributed by atoms with van der Waals surface area (Å²) in [7, 11) is 1.60. The lowest BCUT2D eigenvalue weighted by molar-refractivity contribution is -0.0371. The molecule has 0 aromatic carbocycles. The Morgan fingerprint density at radius 2 is 2.05 bits per heavy atom. The van der Waals surface area contributed by atoms with Crippen molar-refractivity contribution in [2.75, 3.05) is 6.61 Å². The Balaban J connectivity index is 0.000000774. The zero-order valence-corrected chi connectivity index (χ0v) is 13.6. The molecule has 1 unspecified atom stereocenters. The van der Waals surface area contributed by atoms with Gasteiger partial charge in [0, 0.05) is 13.7 Å². The van der Waals surface area contributed by atoms with Gasteiger partial charge in [0.1, 0.15) is 5.39 Å². The maximum atomic E-state index is 12.2. The number of hydrogen-bond donors (Lipinski definition) is 0. The van der Waals surface area contributed by atoms with Crippen molar-refractivity contribution in [3.8, 4) is 0 Å². The summed E-state index contributed by atoms with van der Waals surface area (Å²) < 4.78 is 8.72. The standard InChI is InChI=1S/C12H15ClN4O2.C2H6/c1-7-9-10(14-12(13)16(2)11(9)18)17(15-7)8-5-3-4-6-19-8;1-2/h8H,3-6H2,1-2H3;1-2H3. The molecular weight excluding hydrogens is 292 g/mol. The van der Waals surface area contributed by atoms with E-state index in [2.05, 4.69) is 10.1 Å². The van der Waals surface area contributed by atoms with Crippen LogP contribution in [0, 0.1) is 6.92 Å². The van der Waals surface area contributed by atoms with E-state index in [0.717, 1.165) is 19.3 Å². The van der Waals surface area contributed by atoms with Gasteiger partial charge in [-0.25, -0.2) is 4.68 Å². The molecule has 21 heavy (non-hydrogen) atoms. The first-order valence-corrected chi connectivity index (χ1v) is 7.70. The van der Waals surface area contributed by atoms with Crippen LogP contribution in [0.1, 0.15) is 45.0 Å². The number of ether oxygens (including phenoxy) is 1. The van der Waals surface area contributed by atoms with Gasteiger partial charge in [0.15, 0.2) is 11.9 Å². The molecule has 3 rings (SSSR count). The van der Waals surface area contributed by atoms with Crippen molar-refractivity contribution in [2.45, 2.75) is 46.3 Å². The van der Waals surface area contributed by atoms with Crippen LogP contribution in [0.3, 0.4) is 0 Å². The third kappa shape index (κ3) is 2.82. The fraction of sp³-hybridized carbons (Fsp3) is 0.643. The lowest BCUT2D eigenvalue weighted by Crippen LogP contribution is -2.22. The number of nitrogens with zero attached hydrogens (tertiary/aromatic N) is 4. The van der Waals surface area contributed by atoms with Crippen molar-refractivity contribution < 1.29 is 4.74 Å². The molecule has 1 saturated heterocycles. The molecule has 116 valence electrons. The van der Waals surface area contributed by atoms with Gasteiger partial charge < -0.3 is 4.74 Å². The zero-order valence-electron chi connectivity index (χ0n) is 12.9. The molecule has 0 amide bonds. The number of halogens is 1. The summed E-state index contributed by atoms with van der Waals surface area (Å²) in [5.74, 6) is 0. The fourth-order valence-corrected chi connectivity index (χ4v) is 2.58. The Labute approximate surface area is 128 Å².